The minimum absolute atomic E-state index is 0.631. The standard InChI is InChI=1S/C16H23NO/c1-14(2)6-4-7-15(3)9-11-18-13-16-8-5-10-17-12-16/h5-6,8-10,12H,4,7,11,13H2,1-3H3. The monoisotopic (exact) mass is 245 g/mol. The van der Waals surface area contributed by atoms with Crippen LogP contribution in [0.15, 0.2) is 47.8 Å². The first-order valence-electron chi connectivity index (χ1n) is 6.44. The number of ether oxygens (including phenoxy) is 1. The van der Waals surface area contributed by atoms with Gasteiger partial charge in [-0.3, -0.25) is 4.98 Å². The molecule has 0 spiro atoms. The van der Waals surface area contributed by atoms with Crippen molar-refractivity contribution in [3.8, 4) is 0 Å². The molecule has 1 heterocycles. The summed E-state index contributed by atoms with van der Waals surface area (Å²) in [6.45, 7) is 7.74. The van der Waals surface area contributed by atoms with Gasteiger partial charge in [-0.1, -0.05) is 29.4 Å². The maximum atomic E-state index is 5.59. The van der Waals surface area contributed by atoms with Gasteiger partial charge >= 0.3 is 0 Å². The highest BCUT2D eigenvalue weighted by Gasteiger charge is 1.92. The van der Waals surface area contributed by atoms with Gasteiger partial charge in [-0.05, 0) is 45.2 Å². The lowest BCUT2D eigenvalue weighted by atomic mass is 10.1. The Labute approximate surface area is 110 Å². The van der Waals surface area contributed by atoms with Crippen molar-refractivity contribution in [2.75, 3.05) is 6.61 Å². The van der Waals surface area contributed by atoms with E-state index in [-0.39, 0.29) is 0 Å². The molecule has 1 aromatic rings. The van der Waals surface area contributed by atoms with E-state index in [1.165, 1.54) is 11.1 Å². The first-order chi connectivity index (χ1) is 8.68. The maximum Gasteiger partial charge on any atom is 0.0736 e. The zero-order chi connectivity index (χ0) is 13.2. The summed E-state index contributed by atoms with van der Waals surface area (Å²) in [5.74, 6) is 0. The third-order valence-electron chi connectivity index (χ3n) is 2.63. The van der Waals surface area contributed by atoms with Gasteiger partial charge in [-0.15, -0.1) is 0 Å². The molecule has 0 aliphatic carbocycles. The van der Waals surface area contributed by atoms with Gasteiger partial charge in [0.1, 0.15) is 0 Å². The normalized spacial score (nSPS) is 11.4. The van der Waals surface area contributed by atoms with Crippen molar-refractivity contribution in [1.82, 2.24) is 4.98 Å². The van der Waals surface area contributed by atoms with Gasteiger partial charge in [-0.25, -0.2) is 0 Å². The third kappa shape index (κ3) is 7.02. The number of pyridine rings is 1. The van der Waals surface area contributed by atoms with Crippen molar-refractivity contribution in [3.05, 3.63) is 53.4 Å². The lowest BCUT2D eigenvalue weighted by Gasteiger charge is -2.02. The summed E-state index contributed by atoms with van der Waals surface area (Å²) in [5.41, 5.74) is 3.89. The highest BCUT2D eigenvalue weighted by Crippen LogP contribution is 2.07. The van der Waals surface area contributed by atoms with Crippen LogP contribution in [-0.2, 0) is 11.3 Å². The van der Waals surface area contributed by atoms with E-state index in [0.717, 1.165) is 18.4 Å². The summed E-state index contributed by atoms with van der Waals surface area (Å²) in [5, 5.41) is 0. The smallest absolute Gasteiger partial charge is 0.0736 e. The van der Waals surface area contributed by atoms with E-state index in [4.69, 9.17) is 4.74 Å². The van der Waals surface area contributed by atoms with Crippen LogP contribution >= 0.6 is 0 Å². The third-order valence-corrected chi connectivity index (χ3v) is 2.63. The Balaban J connectivity index is 2.18. The van der Waals surface area contributed by atoms with E-state index in [1.807, 2.05) is 18.3 Å². The molecule has 0 bridgehead atoms. The molecule has 1 aromatic heterocycles. The summed E-state index contributed by atoms with van der Waals surface area (Å²) in [7, 11) is 0. The Kier molecular flexibility index (Phi) is 7.04. The zero-order valence-corrected chi connectivity index (χ0v) is 11.6. The summed E-state index contributed by atoms with van der Waals surface area (Å²) >= 11 is 0. The van der Waals surface area contributed by atoms with Crippen LogP contribution < -0.4 is 0 Å². The maximum absolute atomic E-state index is 5.59. The Hall–Kier alpha value is -1.41. The van der Waals surface area contributed by atoms with Crippen LogP contribution in [-0.4, -0.2) is 11.6 Å². The minimum atomic E-state index is 0.631. The summed E-state index contributed by atoms with van der Waals surface area (Å²) < 4.78 is 5.59. The fourth-order valence-electron chi connectivity index (χ4n) is 1.55. The molecular formula is C16H23NO. The lowest BCUT2D eigenvalue weighted by Crippen LogP contribution is -1.94. The molecule has 0 N–H and O–H groups in total. The summed E-state index contributed by atoms with van der Waals surface area (Å²) in [4.78, 5) is 4.05. The predicted octanol–water partition coefficient (Wildman–Crippen LogP) is 4.29. The Morgan fingerprint density at radius 1 is 1.28 bits per heavy atom. The Bertz CT molecular complexity index is 389. The molecular weight excluding hydrogens is 222 g/mol. The molecule has 0 unspecified atom stereocenters. The highest BCUT2D eigenvalue weighted by atomic mass is 16.5. The van der Waals surface area contributed by atoms with Gasteiger partial charge in [0, 0.05) is 12.4 Å². The van der Waals surface area contributed by atoms with Crippen molar-refractivity contribution in [3.63, 3.8) is 0 Å². The number of hydrogen-bond acceptors (Lipinski definition) is 2. The van der Waals surface area contributed by atoms with Gasteiger partial charge < -0.3 is 4.74 Å². The van der Waals surface area contributed by atoms with Crippen LogP contribution in [0.3, 0.4) is 0 Å². The van der Waals surface area contributed by atoms with Crippen LogP contribution in [0, 0.1) is 0 Å². The molecule has 0 aromatic carbocycles. The zero-order valence-electron chi connectivity index (χ0n) is 11.6. The SMILES string of the molecule is CC(C)=CCCC(C)=CCOCc1cccnc1. The highest BCUT2D eigenvalue weighted by molar-refractivity contribution is 5.07. The van der Waals surface area contributed by atoms with Gasteiger partial charge in [0.05, 0.1) is 13.2 Å². The average Bonchev–Trinajstić information content (AvgIpc) is 2.35. The average molecular weight is 245 g/mol. The fraction of sp³-hybridized carbons (Fsp3) is 0.438. The molecule has 0 aliphatic heterocycles. The van der Waals surface area contributed by atoms with Crippen molar-refractivity contribution in [2.24, 2.45) is 0 Å². The molecule has 0 amide bonds. The Morgan fingerprint density at radius 2 is 2.11 bits per heavy atom. The minimum Gasteiger partial charge on any atom is -0.373 e. The molecule has 18 heavy (non-hydrogen) atoms. The molecule has 0 fully saturated rings. The van der Waals surface area contributed by atoms with E-state index >= 15 is 0 Å². The van der Waals surface area contributed by atoms with Crippen molar-refractivity contribution in [2.45, 2.75) is 40.2 Å². The van der Waals surface area contributed by atoms with E-state index < -0.39 is 0 Å². The number of aromatic nitrogens is 1. The number of nitrogens with zero attached hydrogens (tertiary/aromatic N) is 1. The van der Waals surface area contributed by atoms with Crippen LogP contribution in [0.25, 0.3) is 0 Å². The summed E-state index contributed by atoms with van der Waals surface area (Å²) in [6, 6.07) is 3.96. The molecule has 2 nitrogen and oxygen atoms in total. The van der Waals surface area contributed by atoms with Gasteiger partial charge in [0.15, 0.2) is 0 Å². The largest absolute Gasteiger partial charge is 0.373 e. The van der Waals surface area contributed by atoms with E-state index in [0.29, 0.717) is 13.2 Å². The molecule has 0 saturated heterocycles. The van der Waals surface area contributed by atoms with Crippen LogP contribution in [0.5, 0.6) is 0 Å². The molecule has 1 rings (SSSR count). The second-order valence-electron chi connectivity index (χ2n) is 4.75. The van der Waals surface area contributed by atoms with E-state index in [1.54, 1.807) is 6.20 Å². The van der Waals surface area contributed by atoms with Crippen molar-refractivity contribution >= 4 is 0 Å². The van der Waals surface area contributed by atoms with Crippen molar-refractivity contribution in [1.29, 1.82) is 0 Å². The number of hydrogen-bond donors (Lipinski definition) is 0. The topological polar surface area (TPSA) is 22.1 Å². The van der Waals surface area contributed by atoms with Crippen molar-refractivity contribution < 1.29 is 4.74 Å². The predicted molar refractivity (Wildman–Crippen MR) is 76.3 cm³/mol. The quantitative estimate of drug-likeness (QED) is 0.528. The first kappa shape index (κ1) is 14.7. The molecule has 0 aliphatic rings. The van der Waals surface area contributed by atoms with E-state index in [9.17, 15) is 0 Å². The van der Waals surface area contributed by atoms with Gasteiger partial charge in [0.25, 0.3) is 0 Å². The Morgan fingerprint density at radius 3 is 2.78 bits per heavy atom. The fourth-order valence-corrected chi connectivity index (χ4v) is 1.55. The molecule has 0 atom stereocenters. The van der Waals surface area contributed by atoms with Gasteiger partial charge in [0.2, 0.25) is 0 Å². The van der Waals surface area contributed by atoms with Crippen LogP contribution in [0.2, 0.25) is 0 Å². The van der Waals surface area contributed by atoms with Crippen LogP contribution in [0.1, 0.15) is 39.2 Å². The second kappa shape index (κ2) is 8.65. The molecule has 0 saturated carbocycles. The number of rotatable bonds is 7. The molecule has 2 heteroatoms. The number of allylic oxidation sites excluding steroid dienone is 3. The summed E-state index contributed by atoms with van der Waals surface area (Å²) in [6.07, 6.45) is 10.3. The molecule has 98 valence electrons. The second-order valence-corrected chi connectivity index (χ2v) is 4.75. The van der Waals surface area contributed by atoms with E-state index in [2.05, 4.69) is 37.9 Å². The van der Waals surface area contributed by atoms with Gasteiger partial charge in [-0.2, -0.15) is 0 Å². The van der Waals surface area contributed by atoms with Crippen LogP contribution in [0.4, 0.5) is 0 Å². The first-order valence-corrected chi connectivity index (χ1v) is 6.44. The molecule has 0 radical (unpaired) electrons. The lowest BCUT2D eigenvalue weighted by molar-refractivity contribution is 0.148.